The van der Waals surface area contributed by atoms with Crippen LogP contribution < -0.4 is 5.32 Å². The first-order chi connectivity index (χ1) is 10.1. The number of aryl methyl sites for hydroxylation is 1. The molecule has 1 N–H and O–H groups in total. The summed E-state index contributed by atoms with van der Waals surface area (Å²) < 4.78 is 0. The van der Waals surface area contributed by atoms with Gasteiger partial charge in [0.25, 0.3) is 0 Å². The molecule has 1 aromatic carbocycles. The van der Waals surface area contributed by atoms with Crippen LogP contribution in [-0.2, 0) is 11.2 Å². The van der Waals surface area contributed by atoms with Crippen LogP contribution in [0.5, 0.6) is 0 Å². The lowest BCUT2D eigenvalue weighted by Crippen LogP contribution is -2.41. The number of hydrogen-bond acceptors (Lipinski definition) is 2. The molecule has 116 valence electrons. The van der Waals surface area contributed by atoms with Crippen LogP contribution in [0.4, 0.5) is 0 Å². The molecule has 0 saturated carbocycles. The zero-order valence-electron chi connectivity index (χ0n) is 13.3. The summed E-state index contributed by atoms with van der Waals surface area (Å²) in [5, 5.41) is 3.11. The van der Waals surface area contributed by atoms with Gasteiger partial charge in [-0.3, -0.25) is 4.79 Å². The van der Waals surface area contributed by atoms with E-state index in [1.165, 1.54) is 31.5 Å². The fourth-order valence-electron chi connectivity index (χ4n) is 2.92. The Hall–Kier alpha value is -1.35. The van der Waals surface area contributed by atoms with Crippen LogP contribution in [0.1, 0.15) is 38.7 Å². The first kappa shape index (κ1) is 16.0. The third-order valence-electron chi connectivity index (χ3n) is 4.45. The minimum Gasteiger partial charge on any atom is -0.356 e. The van der Waals surface area contributed by atoms with Gasteiger partial charge in [-0.25, -0.2) is 0 Å². The molecular formula is C18H28N2O. The number of piperidine rings is 1. The van der Waals surface area contributed by atoms with Crippen LogP contribution in [0.15, 0.2) is 30.3 Å². The zero-order valence-corrected chi connectivity index (χ0v) is 13.3. The first-order valence-corrected chi connectivity index (χ1v) is 8.20. The van der Waals surface area contributed by atoms with E-state index in [4.69, 9.17) is 0 Å². The SMILES string of the molecule is CC(C)N1CCC(CNC(=O)CCc2ccccc2)CC1. The fourth-order valence-corrected chi connectivity index (χ4v) is 2.92. The van der Waals surface area contributed by atoms with Crippen LogP contribution in [0.3, 0.4) is 0 Å². The highest BCUT2D eigenvalue weighted by Gasteiger charge is 2.20. The molecule has 2 rings (SSSR count). The second-order valence-electron chi connectivity index (χ2n) is 6.36. The quantitative estimate of drug-likeness (QED) is 0.873. The smallest absolute Gasteiger partial charge is 0.220 e. The molecule has 0 spiro atoms. The fraction of sp³-hybridized carbons (Fsp3) is 0.611. The van der Waals surface area contributed by atoms with Crippen molar-refractivity contribution in [2.45, 2.75) is 45.6 Å². The Balaban J connectivity index is 1.61. The van der Waals surface area contributed by atoms with Crippen molar-refractivity contribution >= 4 is 5.91 Å². The van der Waals surface area contributed by atoms with E-state index in [0.29, 0.717) is 18.4 Å². The number of carbonyl (C=O) groups excluding carboxylic acids is 1. The third kappa shape index (κ3) is 5.50. The van der Waals surface area contributed by atoms with Crippen molar-refractivity contribution in [1.29, 1.82) is 0 Å². The Labute approximate surface area is 128 Å². The van der Waals surface area contributed by atoms with Gasteiger partial charge >= 0.3 is 0 Å². The summed E-state index contributed by atoms with van der Waals surface area (Å²) in [4.78, 5) is 14.4. The number of hydrogen-bond donors (Lipinski definition) is 1. The zero-order chi connectivity index (χ0) is 15.1. The molecule has 1 aromatic rings. The van der Waals surface area contributed by atoms with Gasteiger partial charge in [-0.1, -0.05) is 30.3 Å². The van der Waals surface area contributed by atoms with Crippen LogP contribution in [0.2, 0.25) is 0 Å². The standard InChI is InChI=1S/C18H28N2O/c1-15(2)20-12-10-17(11-13-20)14-19-18(21)9-8-16-6-4-3-5-7-16/h3-7,15,17H,8-14H2,1-2H3,(H,19,21). The first-order valence-electron chi connectivity index (χ1n) is 8.20. The molecule has 1 fully saturated rings. The number of likely N-dealkylation sites (tertiary alicyclic amines) is 1. The molecule has 0 aliphatic carbocycles. The molecule has 3 nitrogen and oxygen atoms in total. The highest BCUT2D eigenvalue weighted by molar-refractivity contribution is 5.76. The summed E-state index contributed by atoms with van der Waals surface area (Å²) in [6, 6.07) is 10.9. The summed E-state index contributed by atoms with van der Waals surface area (Å²) in [5.41, 5.74) is 1.23. The van der Waals surface area contributed by atoms with Crippen molar-refractivity contribution < 1.29 is 4.79 Å². The predicted molar refractivity (Wildman–Crippen MR) is 87.2 cm³/mol. The van der Waals surface area contributed by atoms with Crippen LogP contribution in [0.25, 0.3) is 0 Å². The molecule has 0 unspecified atom stereocenters. The molecule has 1 saturated heterocycles. The molecule has 1 aliphatic heterocycles. The monoisotopic (exact) mass is 288 g/mol. The molecule has 0 bridgehead atoms. The molecule has 3 heteroatoms. The molecule has 21 heavy (non-hydrogen) atoms. The van der Waals surface area contributed by atoms with Crippen molar-refractivity contribution in [1.82, 2.24) is 10.2 Å². The van der Waals surface area contributed by atoms with Crippen molar-refractivity contribution in [3.05, 3.63) is 35.9 Å². The minimum absolute atomic E-state index is 0.185. The highest BCUT2D eigenvalue weighted by atomic mass is 16.1. The van der Waals surface area contributed by atoms with Gasteiger partial charge in [0.2, 0.25) is 5.91 Å². The van der Waals surface area contributed by atoms with Gasteiger partial charge in [-0.2, -0.15) is 0 Å². The van der Waals surface area contributed by atoms with Gasteiger partial charge in [0.1, 0.15) is 0 Å². The summed E-state index contributed by atoms with van der Waals surface area (Å²) >= 11 is 0. The molecule has 0 aromatic heterocycles. The topological polar surface area (TPSA) is 32.3 Å². The number of nitrogens with zero attached hydrogens (tertiary/aromatic N) is 1. The van der Waals surface area contributed by atoms with E-state index in [9.17, 15) is 4.79 Å². The number of carbonyl (C=O) groups is 1. The molecule has 1 amide bonds. The van der Waals surface area contributed by atoms with E-state index >= 15 is 0 Å². The summed E-state index contributed by atoms with van der Waals surface area (Å²) in [7, 11) is 0. The maximum Gasteiger partial charge on any atom is 0.220 e. The summed E-state index contributed by atoms with van der Waals surface area (Å²) in [6.07, 6.45) is 3.83. The van der Waals surface area contributed by atoms with Crippen molar-refractivity contribution in [3.8, 4) is 0 Å². The Morgan fingerprint density at radius 3 is 2.52 bits per heavy atom. The van der Waals surface area contributed by atoms with E-state index in [2.05, 4.69) is 36.2 Å². The van der Waals surface area contributed by atoms with Gasteiger partial charge < -0.3 is 10.2 Å². The number of nitrogens with one attached hydrogen (secondary N) is 1. The predicted octanol–water partition coefficient (Wildman–Crippen LogP) is 2.86. The van der Waals surface area contributed by atoms with Crippen molar-refractivity contribution in [3.63, 3.8) is 0 Å². The second kappa shape index (κ2) is 8.18. The van der Waals surface area contributed by atoms with E-state index in [1.54, 1.807) is 0 Å². The Kier molecular flexibility index (Phi) is 6.24. The van der Waals surface area contributed by atoms with E-state index in [0.717, 1.165) is 13.0 Å². The molecular weight excluding hydrogens is 260 g/mol. The number of rotatable bonds is 6. The summed E-state index contributed by atoms with van der Waals surface area (Å²) in [6.45, 7) is 7.70. The van der Waals surface area contributed by atoms with Crippen molar-refractivity contribution in [2.24, 2.45) is 5.92 Å². The Morgan fingerprint density at radius 1 is 1.24 bits per heavy atom. The van der Waals surface area contributed by atoms with Crippen molar-refractivity contribution in [2.75, 3.05) is 19.6 Å². The lowest BCUT2D eigenvalue weighted by molar-refractivity contribution is -0.121. The van der Waals surface area contributed by atoms with Gasteiger partial charge in [-0.15, -0.1) is 0 Å². The Morgan fingerprint density at radius 2 is 1.90 bits per heavy atom. The molecule has 1 aliphatic rings. The van der Waals surface area contributed by atoms with Crippen LogP contribution >= 0.6 is 0 Å². The largest absolute Gasteiger partial charge is 0.356 e. The van der Waals surface area contributed by atoms with Crippen LogP contribution in [0, 0.1) is 5.92 Å². The normalized spacial score (nSPS) is 17.1. The van der Waals surface area contributed by atoms with E-state index in [-0.39, 0.29) is 5.91 Å². The minimum atomic E-state index is 0.185. The average molecular weight is 288 g/mol. The molecule has 0 atom stereocenters. The van der Waals surface area contributed by atoms with Gasteiger partial charge in [0.05, 0.1) is 0 Å². The highest BCUT2D eigenvalue weighted by Crippen LogP contribution is 2.18. The van der Waals surface area contributed by atoms with Gasteiger partial charge in [0, 0.05) is 19.0 Å². The second-order valence-corrected chi connectivity index (χ2v) is 6.36. The number of amides is 1. The van der Waals surface area contributed by atoms with Gasteiger partial charge in [-0.05, 0) is 57.7 Å². The average Bonchev–Trinajstić information content (AvgIpc) is 2.52. The van der Waals surface area contributed by atoms with Crippen LogP contribution in [-0.4, -0.2) is 36.5 Å². The summed E-state index contributed by atoms with van der Waals surface area (Å²) in [5.74, 6) is 0.839. The van der Waals surface area contributed by atoms with E-state index < -0.39 is 0 Å². The Bertz CT molecular complexity index is 422. The lowest BCUT2D eigenvalue weighted by atomic mass is 9.96. The van der Waals surface area contributed by atoms with Gasteiger partial charge in [0.15, 0.2) is 0 Å². The third-order valence-corrected chi connectivity index (χ3v) is 4.45. The van der Waals surface area contributed by atoms with E-state index in [1.807, 2.05) is 18.2 Å². The lowest BCUT2D eigenvalue weighted by Gasteiger charge is -2.34. The number of benzene rings is 1. The molecule has 0 radical (unpaired) electrons. The molecule has 1 heterocycles. The maximum absolute atomic E-state index is 11.9. The maximum atomic E-state index is 11.9.